The maximum absolute atomic E-state index is 12.9. The van der Waals surface area contributed by atoms with Gasteiger partial charge < -0.3 is 10.1 Å². The second kappa shape index (κ2) is 9.67. The van der Waals surface area contributed by atoms with E-state index < -0.39 is 0 Å². The zero-order chi connectivity index (χ0) is 22.7. The molecule has 0 bridgehead atoms. The van der Waals surface area contributed by atoms with Crippen LogP contribution in [0.4, 0.5) is 5.69 Å². The maximum Gasteiger partial charge on any atom is 0.225 e. The predicted octanol–water partition coefficient (Wildman–Crippen LogP) is 4.67. The molecule has 3 unspecified atom stereocenters. The number of carbonyl (C=O) groups is 1. The van der Waals surface area contributed by atoms with Crippen molar-refractivity contribution in [1.82, 2.24) is 14.7 Å². The number of anilines is 1. The summed E-state index contributed by atoms with van der Waals surface area (Å²) in [7, 11) is 0. The van der Waals surface area contributed by atoms with Gasteiger partial charge in [0.25, 0.3) is 0 Å². The van der Waals surface area contributed by atoms with Gasteiger partial charge in [0, 0.05) is 25.0 Å². The number of benzene rings is 2. The molecule has 0 spiro atoms. The first-order valence-corrected chi connectivity index (χ1v) is 11.3. The Morgan fingerprint density at radius 2 is 1.72 bits per heavy atom. The third kappa shape index (κ3) is 4.61. The summed E-state index contributed by atoms with van der Waals surface area (Å²) in [6.45, 7) is 9.61. The summed E-state index contributed by atoms with van der Waals surface area (Å²) in [5.41, 5.74) is 4.71. The van der Waals surface area contributed by atoms with Crippen LogP contribution in [0.2, 0.25) is 0 Å². The number of rotatable bonds is 6. The number of aromatic nitrogens is 2. The molecule has 1 fully saturated rings. The number of amides is 1. The Labute approximate surface area is 190 Å². The first kappa shape index (κ1) is 22.2. The van der Waals surface area contributed by atoms with Gasteiger partial charge in [-0.3, -0.25) is 9.69 Å². The van der Waals surface area contributed by atoms with E-state index in [1.807, 2.05) is 67.1 Å². The van der Waals surface area contributed by atoms with Gasteiger partial charge in [-0.05, 0) is 45.4 Å². The van der Waals surface area contributed by atoms with Crippen molar-refractivity contribution in [3.05, 3.63) is 77.6 Å². The number of para-hydroxylation sites is 1. The van der Waals surface area contributed by atoms with E-state index in [0.717, 1.165) is 22.8 Å². The molecule has 1 aromatic heterocycles. The van der Waals surface area contributed by atoms with Gasteiger partial charge in [-0.15, -0.1) is 0 Å². The highest BCUT2D eigenvalue weighted by Crippen LogP contribution is 2.31. The molecule has 1 saturated heterocycles. The van der Waals surface area contributed by atoms with Gasteiger partial charge in [-0.1, -0.05) is 48.5 Å². The van der Waals surface area contributed by atoms with Crippen molar-refractivity contribution in [1.29, 1.82) is 0 Å². The van der Waals surface area contributed by atoms with Crippen LogP contribution in [0.1, 0.15) is 43.3 Å². The smallest absolute Gasteiger partial charge is 0.225 e. The van der Waals surface area contributed by atoms with Crippen LogP contribution in [-0.2, 0) is 9.53 Å². The molecule has 3 aromatic rings. The Kier molecular flexibility index (Phi) is 6.72. The molecule has 168 valence electrons. The van der Waals surface area contributed by atoms with Crippen molar-refractivity contribution in [2.45, 2.75) is 52.3 Å². The summed E-state index contributed by atoms with van der Waals surface area (Å²) >= 11 is 0. The Balaban J connectivity index is 1.41. The van der Waals surface area contributed by atoms with Crippen molar-refractivity contribution in [2.75, 3.05) is 18.5 Å². The van der Waals surface area contributed by atoms with Gasteiger partial charge in [-0.2, -0.15) is 5.10 Å². The zero-order valence-electron chi connectivity index (χ0n) is 19.3. The van der Waals surface area contributed by atoms with Crippen LogP contribution in [0.25, 0.3) is 5.69 Å². The van der Waals surface area contributed by atoms with Crippen LogP contribution in [0, 0.1) is 13.8 Å². The summed E-state index contributed by atoms with van der Waals surface area (Å²) in [4.78, 5) is 15.2. The first-order valence-electron chi connectivity index (χ1n) is 11.3. The van der Waals surface area contributed by atoms with E-state index in [4.69, 9.17) is 4.74 Å². The van der Waals surface area contributed by atoms with Gasteiger partial charge in [0.1, 0.15) is 0 Å². The van der Waals surface area contributed by atoms with E-state index >= 15 is 0 Å². The quantitative estimate of drug-likeness (QED) is 0.615. The second-order valence-electron chi connectivity index (χ2n) is 8.58. The molecule has 6 heteroatoms. The minimum absolute atomic E-state index is 0.00552. The summed E-state index contributed by atoms with van der Waals surface area (Å²) in [5.74, 6) is 0.00552. The van der Waals surface area contributed by atoms with Crippen LogP contribution < -0.4 is 5.32 Å². The molecule has 2 heterocycles. The number of nitrogens with one attached hydrogen (secondary N) is 1. The van der Waals surface area contributed by atoms with Gasteiger partial charge in [0.05, 0.1) is 35.5 Å². The lowest BCUT2D eigenvalue weighted by Crippen LogP contribution is -2.51. The van der Waals surface area contributed by atoms with Gasteiger partial charge in [0.2, 0.25) is 5.91 Å². The SMILES string of the molecule is Cc1nn(-c2ccccc2)c(C)c1NC(=O)CCN1C(C)COC(c2ccccc2)C1C. The van der Waals surface area contributed by atoms with Gasteiger partial charge in [0.15, 0.2) is 0 Å². The van der Waals surface area contributed by atoms with Crippen LogP contribution >= 0.6 is 0 Å². The molecule has 2 aromatic carbocycles. The average Bonchev–Trinajstić information content (AvgIpc) is 3.08. The molecule has 4 rings (SSSR count). The molecule has 0 saturated carbocycles. The minimum atomic E-state index is 0.00552. The van der Waals surface area contributed by atoms with Crippen molar-refractivity contribution in [3.63, 3.8) is 0 Å². The number of hydrogen-bond donors (Lipinski definition) is 1. The van der Waals surface area contributed by atoms with E-state index in [0.29, 0.717) is 19.6 Å². The third-order valence-corrected chi connectivity index (χ3v) is 6.33. The molecule has 1 N–H and O–H groups in total. The van der Waals surface area contributed by atoms with Crippen LogP contribution in [0.5, 0.6) is 0 Å². The Morgan fingerprint density at radius 1 is 1.06 bits per heavy atom. The van der Waals surface area contributed by atoms with Gasteiger partial charge >= 0.3 is 0 Å². The Morgan fingerprint density at radius 3 is 2.41 bits per heavy atom. The Bertz CT molecular complexity index is 1050. The first-order chi connectivity index (χ1) is 15.5. The molecular weight excluding hydrogens is 400 g/mol. The van der Waals surface area contributed by atoms with Crippen molar-refractivity contribution in [2.24, 2.45) is 0 Å². The lowest BCUT2D eigenvalue weighted by atomic mass is 9.98. The highest BCUT2D eigenvalue weighted by atomic mass is 16.5. The molecule has 1 amide bonds. The summed E-state index contributed by atoms with van der Waals surface area (Å²) in [6.07, 6.45) is 0.440. The monoisotopic (exact) mass is 432 g/mol. The number of carbonyl (C=O) groups excluding carboxylic acids is 1. The lowest BCUT2D eigenvalue weighted by Gasteiger charge is -2.43. The molecule has 1 aliphatic heterocycles. The Hall–Kier alpha value is -2.96. The molecule has 0 radical (unpaired) electrons. The van der Waals surface area contributed by atoms with E-state index in [1.165, 1.54) is 5.56 Å². The minimum Gasteiger partial charge on any atom is -0.370 e. The standard InChI is InChI=1S/C26H32N4O2/c1-18-17-32-26(22-11-7-5-8-12-22)21(4)29(18)16-15-24(31)27-25-19(2)28-30(20(25)3)23-13-9-6-10-14-23/h5-14,18,21,26H,15-17H2,1-4H3,(H,27,31). The number of nitrogens with zero attached hydrogens (tertiary/aromatic N) is 3. The van der Waals surface area contributed by atoms with Gasteiger partial charge in [-0.25, -0.2) is 4.68 Å². The lowest BCUT2D eigenvalue weighted by molar-refractivity contribution is -0.120. The fourth-order valence-electron chi connectivity index (χ4n) is 4.57. The topological polar surface area (TPSA) is 59.4 Å². The fourth-order valence-corrected chi connectivity index (χ4v) is 4.57. The molecule has 3 atom stereocenters. The number of aryl methyl sites for hydroxylation is 1. The summed E-state index contributed by atoms with van der Waals surface area (Å²) < 4.78 is 8.02. The number of ether oxygens (including phenoxy) is 1. The largest absolute Gasteiger partial charge is 0.370 e. The number of hydrogen-bond acceptors (Lipinski definition) is 4. The van der Waals surface area contributed by atoms with E-state index in [-0.39, 0.29) is 24.1 Å². The van der Waals surface area contributed by atoms with Crippen LogP contribution in [-0.4, -0.2) is 45.8 Å². The molecule has 1 aliphatic rings. The third-order valence-electron chi connectivity index (χ3n) is 6.33. The number of morpholine rings is 1. The van der Waals surface area contributed by atoms with E-state index in [2.05, 4.69) is 41.3 Å². The normalized spacial score (nSPS) is 21.4. The highest BCUT2D eigenvalue weighted by molar-refractivity contribution is 5.92. The fraction of sp³-hybridized carbons (Fsp3) is 0.385. The molecule has 6 nitrogen and oxygen atoms in total. The second-order valence-corrected chi connectivity index (χ2v) is 8.58. The van der Waals surface area contributed by atoms with Crippen LogP contribution in [0.3, 0.4) is 0 Å². The van der Waals surface area contributed by atoms with Crippen molar-refractivity contribution < 1.29 is 9.53 Å². The summed E-state index contributed by atoms with van der Waals surface area (Å²) in [6, 6.07) is 20.7. The molecular formula is C26H32N4O2. The van der Waals surface area contributed by atoms with E-state index in [9.17, 15) is 4.79 Å². The molecule has 0 aliphatic carbocycles. The van der Waals surface area contributed by atoms with Crippen molar-refractivity contribution >= 4 is 11.6 Å². The predicted molar refractivity (Wildman–Crippen MR) is 127 cm³/mol. The molecule has 32 heavy (non-hydrogen) atoms. The highest BCUT2D eigenvalue weighted by Gasteiger charge is 2.34. The van der Waals surface area contributed by atoms with E-state index in [1.54, 1.807) is 0 Å². The summed E-state index contributed by atoms with van der Waals surface area (Å²) in [5, 5.41) is 7.73. The van der Waals surface area contributed by atoms with Crippen molar-refractivity contribution in [3.8, 4) is 5.69 Å². The maximum atomic E-state index is 12.9. The van der Waals surface area contributed by atoms with Crippen LogP contribution in [0.15, 0.2) is 60.7 Å². The average molecular weight is 433 g/mol. The zero-order valence-corrected chi connectivity index (χ0v) is 19.3.